The van der Waals surface area contributed by atoms with Crippen LogP contribution in [-0.4, -0.2) is 40.8 Å². The zero-order valence-corrected chi connectivity index (χ0v) is 11.5. The van der Waals surface area contributed by atoms with Gasteiger partial charge >= 0.3 is 0 Å². The molecular weight excluding hydrogens is 236 g/mol. The Morgan fingerprint density at radius 3 is 3.21 bits per heavy atom. The van der Waals surface area contributed by atoms with Crippen molar-refractivity contribution in [3.05, 3.63) is 24.4 Å². The highest BCUT2D eigenvalue weighted by Gasteiger charge is 2.16. The summed E-state index contributed by atoms with van der Waals surface area (Å²) in [5, 5.41) is 12.1. The van der Waals surface area contributed by atoms with E-state index in [-0.39, 0.29) is 0 Å². The maximum absolute atomic E-state index is 4.13. The molecule has 1 atom stereocenters. The molecule has 1 aromatic carbocycles. The van der Waals surface area contributed by atoms with Gasteiger partial charge in [0, 0.05) is 18.0 Å². The van der Waals surface area contributed by atoms with Crippen LogP contribution in [0.15, 0.2) is 24.4 Å². The summed E-state index contributed by atoms with van der Waals surface area (Å²) in [4.78, 5) is 2.54. The molecule has 0 aliphatic carbocycles. The first-order valence-electron chi connectivity index (χ1n) is 7.28. The van der Waals surface area contributed by atoms with E-state index in [0.29, 0.717) is 6.04 Å². The minimum Gasteiger partial charge on any atom is -0.381 e. The Morgan fingerprint density at radius 1 is 1.37 bits per heavy atom. The van der Waals surface area contributed by atoms with E-state index in [2.05, 4.69) is 45.5 Å². The van der Waals surface area contributed by atoms with Crippen molar-refractivity contribution in [3.8, 4) is 0 Å². The number of nitrogens with zero attached hydrogens (tertiary/aromatic N) is 2. The predicted molar refractivity (Wildman–Crippen MR) is 79.5 cm³/mol. The Balaban J connectivity index is 1.72. The number of H-pyrrole nitrogens is 1. The van der Waals surface area contributed by atoms with Crippen LogP contribution in [0.4, 0.5) is 5.69 Å². The van der Waals surface area contributed by atoms with Crippen LogP contribution in [0.25, 0.3) is 10.9 Å². The smallest absolute Gasteiger partial charge is 0.0881 e. The van der Waals surface area contributed by atoms with Gasteiger partial charge in [-0.25, -0.2) is 0 Å². The molecule has 0 spiro atoms. The van der Waals surface area contributed by atoms with Gasteiger partial charge in [-0.3, -0.25) is 5.10 Å². The van der Waals surface area contributed by atoms with E-state index in [9.17, 15) is 0 Å². The molecule has 1 fully saturated rings. The van der Waals surface area contributed by atoms with Crippen LogP contribution in [0.2, 0.25) is 0 Å². The quantitative estimate of drug-likeness (QED) is 0.889. The van der Waals surface area contributed by atoms with Crippen LogP contribution >= 0.6 is 0 Å². The lowest BCUT2D eigenvalue weighted by atomic mass is 10.1. The molecule has 0 bridgehead atoms. The standard InChI is InChI=1S/C15H22N4/c1-2-19-9-4-6-13(8-10-19)17-14-7-3-5-12-11-16-18-15(12)14/h3,5,7,11,13,17H,2,4,6,8-10H2,1H3,(H,16,18). The summed E-state index contributed by atoms with van der Waals surface area (Å²) in [5.41, 5.74) is 2.31. The lowest BCUT2D eigenvalue weighted by Crippen LogP contribution is -2.26. The van der Waals surface area contributed by atoms with Gasteiger partial charge in [0.15, 0.2) is 0 Å². The highest BCUT2D eigenvalue weighted by molar-refractivity contribution is 5.89. The lowest BCUT2D eigenvalue weighted by Gasteiger charge is -2.19. The van der Waals surface area contributed by atoms with Crippen molar-refractivity contribution in [2.24, 2.45) is 0 Å². The first kappa shape index (κ1) is 12.5. The molecule has 0 amide bonds. The second-order valence-corrected chi connectivity index (χ2v) is 5.35. The normalized spacial score (nSPS) is 21.4. The molecular formula is C15H22N4. The van der Waals surface area contributed by atoms with Crippen LogP contribution in [0.3, 0.4) is 0 Å². The van der Waals surface area contributed by atoms with Gasteiger partial charge in [0.2, 0.25) is 0 Å². The van der Waals surface area contributed by atoms with E-state index >= 15 is 0 Å². The van der Waals surface area contributed by atoms with Gasteiger partial charge in [-0.1, -0.05) is 19.1 Å². The van der Waals surface area contributed by atoms with Crippen LogP contribution in [0.5, 0.6) is 0 Å². The minimum atomic E-state index is 0.574. The average Bonchev–Trinajstić information content (AvgIpc) is 2.80. The number of aromatic nitrogens is 2. The van der Waals surface area contributed by atoms with E-state index in [1.165, 1.54) is 50.0 Å². The number of benzene rings is 1. The molecule has 102 valence electrons. The molecule has 2 aromatic rings. The van der Waals surface area contributed by atoms with Crippen molar-refractivity contribution in [1.29, 1.82) is 0 Å². The number of likely N-dealkylation sites (tertiary alicyclic amines) is 1. The number of hydrogen-bond donors (Lipinski definition) is 2. The van der Waals surface area contributed by atoms with Crippen molar-refractivity contribution in [2.75, 3.05) is 25.0 Å². The molecule has 1 aromatic heterocycles. The number of nitrogens with one attached hydrogen (secondary N) is 2. The monoisotopic (exact) mass is 258 g/mol. The van der Waals surface area contributed by atoms with E-state index in [1.54, 1.807) is 0 Å². The maximum Gasteiger partial charge on any atom is 0.0881 e. The van der Waals surface area contributed by atoms with Crippen molar-refractivity contribution >= 4 is 16.6 Å². The van der Waals surface area contributed by atoms with Gasteiger partial charge in [0.05, 0.1) is 17.4 Å². The average molecular weight is 258 g/mol. The fraction of sp³-hybridized carbons (Fsp3) is 0.533. The predicted octanol–water partition coefficient (Wildman–Crippen LogP) is 2.85. The van der Waals surface area contributed by atoms with E-state index in [1.807, 2.05) is 6.20 Å². The van der Waals surface area contributed by atoms with Crippen LogP contribution in [0, 0.1) is 0 Å². The van der Waals surface area contributed by atoms with Crippen LogP contribution in [-0.2, 0) is 0 Å². The molecule has 19 heavy (non-hydrogen) atoms. The molecule has 0 radical (unpaired) electrons. The molecule has 2 heterocycles. The second kappa shape index (κ2) is 5.61. The third-order valence-electron chi connectivity index (χ3n) is 4.10. The van der Waals surface area contributed by atoms with Crippen LogP contribution in [0.1, 0.15) is 26.2 Å². The van der Waals surface area contributed by atoms with Gasteiger partial charge in [0.25, 0.3) is 0 Å². The molecule has 4 nitrogen and oxygen atoms in total. The second-order valence-electron chi connectivity index (χ2n) is 5.35. The first-order valence-corrected chi connectivity index (χ1v) is 7.28. The van der Waals surface area contributed by atoms with Crippen molar-refractivity contribution in [3.63, 3.8) is 0 Å². The van der Waals surface area contributed by atoms with Gasteiger partial charge < -0.3 is 10.2 Å². The number of anilines is 1. The number of para-hydroxylation sites is 1. The maximum atomic E-state index is 4.13. The molecule has 0 saturated carbocycles. The molecule has 2 N–H and O–H groups in total. The zero-order valence-electron chi connectivity index (χ0n) is 11.5. The third-order valence-corrected chi connectivity index (χ3v) is 4.10. The summed E-state index contributed by atoms with van der Waals surface area (Å²) >= 11 is 0. The fourth-order valence-electron chi connectivity index (χ4n) is 2.93. The largest absolute Gasteiger partial charge is 0.381 e. The van der Waals surface area contributed by atoms with Crippen LogP contribution < -0.4 is 5.32 Å². The van der Waals surface area contributed by atoms with E-state index < -0.39 is 0 Å². The van der Waals surface area contributed by atoms with E-state index in [4.69, 9.17) is 0 Å². The Bertz CT molecular complexity index is 534. The molecule has 3 rings (SSSR count). The summed E-state index contributed by atoms with van der Waals surface area (Å²) in [6.07, 6.45) is 5.64. The summed E-state index contributed by atoms with van der Waals surface area (Å²) < 4.78 is 0. The van der Waals surface area contributed by atoms with Crippen molar-refractivity contribution in [2.45, 2.75) is 32.2 Å². The van der Waals surface area contributed by atoms with Gasteiger partial charge in [-0.05, 0) is 38.4 Å². The Kier molecular flexibility index (Phi) is 3.69. The highest BCUT2D eigenvalue weighted by atomic mass is 15.1. The van der Waals surface area contributed by atoms with Crippen molar-refractivity contribution in [1.82, 2.24) is 15.1 Å². The zero-order chi connectivity index (χ0) is 13.1. The van der Waals surface area contributed by atoms with Gasteiger partial charge in [-0.2, -0.15) is 5.10 Å². The van der Waals surface area contributed by atoms with Crippen molar-refractivity contribution < 1.29 is 0 Å². The van der Waals surface area contributed by atoms with Gasteiger partial charge in [0.1, 0.15) is 0 Å². The Labute approximate surface area is 114 Å². The summed E-state index contributed by atoms with van der Waals surface area (Å²) in [6, 6.07) is 6.90. The highest BCUT2D eigenvalue weighted by Crippen LogP contribution is 2.23. The van der Waals surface area contributed by atoms with E-state index in [0.717, 1.165) is 5.52 Å². The minimum absolute atomic E-state index is 0.574. The molecule has 1 saturated heterocycles. The number of fused-ring (bicyclic) bond motifs is 1. The molecule has 1 aliphatic rings. The summed E-state index contributed by atoms with van der Waals surface area (Å²) in [6.45, 7) is 5.86. The molecule has 4 heteroatoms. The number of aromatic amines is 1. The molecule has 1 aliphatic heterocycles. The number of rotatable bonds is 3. The van der Waals surface area contributed by atoms with Gasteiger partial charge in [-0.15, -0.1) is 0 Å². The topological polar surface area (TPSA) is 44.0 Å². The summed E-state index contributed by atoms with van der Waals surface area (Å²) in [5.74, 6) is 0. The fourth-order valence-corrected chi connectivity index (χ4v) is 2.93. The Hall–Kier alpha value is -1.55. The molecule has 1 unspecified atom stereocenters. The lowest BCUT2D eigenvalue weighted by molar-refractivity contribution is 0.300. The SMILES string of the molecule is CCN1CCCC(Nc2cccc3cn[nH]c23)CC1. The Morgan fingerprint density at radius 2 is 2.32 bits per heavy atom. The third kappa shape index (κ3) is 2.73. The number of hydrogen-bond acceptors (Lipinski definition) is 3. The first-order chi connectivity index (χ1) is 9.36. The summed E-state index contributed by atoms with van der Waals surface area (Å²) in [7, 11) is 0.